The topological polar surface area (TPSA) is 115 Å². The fourth-order valence-corrected chi connectivity index (χ4v) is 1.62. The second kappa shape index (κ2) is 6.84. The van der Waals surface area contributed by atoms with E-state index in [4.69, 9.17) is 29.5 Å². The number of phenolic OH excluding ortho intramolecular Hbond substituents is 4. The Morgan fingerprint density at radius 2 is 1.52 bits per heavy atom. The highest BCUT2D eigenvalue weighted by Gasteiger charge is 2.26. The maximum absolute atomic E-state index is 9.18. The van der Waals surface area contributed by atoms with Crippen LogP contribution in [0, 0.1) is 0 Å². The van der Waals surface area contributed by atoms with Gasteiger partial charge in [-0.25, -0.2) is 0 Å². The average molecular weight is 300 g/mol. The van der Waals surface area contributed by atoms with E-state index in [-0.39, 0.29) is 5.75 Å². The Morgan fingerprint density at radius 3 is 1.95 bits per heavy atom. The SMILES string of the molecule is C(OCC1CO1)C1CO1.CCc1cc(O)c(O)c(O)c1O. The molecule has 1 aromatic carbocycles. The van der Waals surface area contributed by atoms with Crippen molar-refractivity contribution in [2.45, 2.75) is 25.6 Å². The molecule has 0 saturated carbocycles. The molecule has 0 aliphatic carbocycles. The maximum Gasteiger partial charge on any atom is 0.204 e. The van der Waals surface area contributed by atoms with Crippen LogP contribution in [-0.2, 0) is 20.6 Å². The lowest BCUT2D eigenvalue weighted by atomic mass is 10.1. The molecule has 118 valence electrons. The molecule has 2 saturated heterocycles. The average Bonchev–Trinajstić information content (AvgIpc) is 3.36. The minimum Gasteiger partial charge on any atom is -0.504 e. The van der Waals surface area contributed by atoms with Crippen molar-refractivity contribution in [3.8, 4) is 23.0 Å². The molecule has 7 heteroatoms. The van der Waals surface area contributed by atoms with Crippen LogP contribution in [0.5, 0.6) is 23.0 Å². The van der Waals surface area contributed by atoms with Crippen molar-refractivity contribution in [3.05, 3.63) is 11.6 Å². The number of epoxide rings is 2. The number of benzene rings is 1. The van der Waals surface area contributed by atoms with Gasteiger partial charge in [0.2, 0.25) is 11.5 Å². The van der Waals surface area contributed by atoms with E-state index >= 15 is 0 Å². The third kappa shape index (κ3) is 4.66. The van der Waals surface area contributed by atoms with Crippen molar-refractivity contribution in [2.24, 2.45) is 0 Å². The van der Waals surface area contributed by atoms with Gasteiger partial charge in [-0.15, -0.1) is 0 Å². The van der Waals surface area contributed by atoms with Crippen molar-refractivity contribution in [3.63, 3.8) is 0 Å². The fraction of sp³-hybridized carbons (Fsp3) is 0.571. The van der Waals surface area contributed by atoms with Crippen LogP contribution in [0.4, 0.5) is 0 Å². The molecule has 2 aliphatic heterocycles. The summed E-state index contributed by atoms with van der Waals surface area (Å²) >= 11 is 0. The molecule has 7 nitrogen and oxygen atoms in total. The van der Waals surface area contributed by atoms with Gasteiger partial charge in [0.25, 0.3) is 0 Å². The highest BCUT2D eigenvalue weighted by atomic mass is 16.6. The molecule has 2 aliphatic rings. The quantitative estimate of drug-likeness (QED) is 0.362. The molecular weight excluding hydrogens is 280 g/mol. The normalized spacial score (nSPS) is 22.3. The maximum atomic E-state index is 9.18. The summed E-state index contributed by atoms with van der Waals surface area (Å²) in [5.41, 5.74) is 0.391. The first-order chi connectivity index (χ1) is 10.0. The Morgan fingerprint density at radius 1 is 1.00 bits per heavy atom. The van der Waals surface area contributed by atoms with Gasteiger partial charge in [-0.2, -0.15) is 0 Å². The van der Waals surface area contributed by atoms with Crippen LogP contribution >= 0.6 is 0 Å². The van der Waals surface area contributed by atoms with Crippen molar-refractivity contribution >= 4 is 0 Å². The predicted octanol–water partition coefficient (Wildman–Crippen LogP) is 0.872. The fourth-order valence-electron chi connectivity index (χ4n) is 1.62. The van der Waals surface area contributed by atoms with Crippen LogP contribution in [0.3, 0.4) is 0 Å². The van der Waals surface area contributed by atoms with Crippen LogP contribution in [-0.4, -0.2) is 59.1 Å². The summed E-state index contributed by atoms with van der Waals surface area (Å²) in [6.45, 7) is 5.02. The number of hydrogen-bond donors (Lipinski definition) is 4. The Labute approximate surface area is 122 Å². The van der Waals surface area contributed by atoms with Gasteiger partial charge in [-0.3, -0.25) is 0 Å². The molecule has 2 unspecified atom stereocenters. The molecule has 1 aromatic rings. The van der Waals surface area contributed by atoms with Crippen LogP contribution in [0.2, 0.25) is 0 Å². The Bertz CT molecular complexity index is 469. The molecule has 21 heavy (non-hydrogen) atoms. The number of rotatable bonds is 5. The summed E-state index contributed by atoms with van der Waals surface area (Å²) in [7, 11) is 0. The molecule has 0 spiro atoms. The molecule has 2 atom stereocenters. The monoisotopic (exact) mass is 300 g/mol. The van der Waals surface area contributed by atoms with Gasteiger partial charge in [0, 0.05) is 5.56 Å². The Balaban J connectivity index is 0.000000159. The third-order valence-electron chi connectivity index (χ3n) is 3.10. The predicted molar refractivity (Wildman–Crippen MR) is 72.8 cm³/mol. The first-order valence-electron chi connectivity index (χ1n) is 6.79. The molecule has 0 bridgehead atoms. The van der Waals surface area contributed by atoms with Crippen molar-refractivity contribution in [2.75, 3.05) is 26.4 Å². The lowest BCUT2D eigenvalue weighted by Crippen LogP contribution is -2.06. The van der Waals surface area contributed by atoms with E-state index in [9.17, 15) is 5.11 Å². The summed E-state index contributed by atoms with van der Waals surface area (Å²) in [6.07, 6.45) is 1.25. The van der Waals surface area contributed by atoms with E-state index in [2.05, 4.69) is 0 Å². The van der Waals surface area contributed by atoms with Crippen LogP contribution in [0.25, 0.3) is 0 Å². The number of aryl methyl sites for hydroxylation is 1. The zero-order valence-electron chi connectivity index (χ0n) is 11.8. The number of phenols is 4. The number of aromatic hydroxyl groups is 4. The van der Waals surface area contributed by atoms with Crippen LogP contribution in [0.1, 0.15) is 12.5 Å². The lowest BCUT2D eigenvalue weighted by molar-refractivity contribution is 0.102. The minimum absolute atomic E-state index is 0.382. The Kier molecular flexibility index (Phi) is 5.11. The molecule has 0 amide bonds. The van der Waals surface area contributed by atoms with Gasteiger partial charge in [0.15, 0.2) is 11.5 Å². The number of ether oxygens (including phenoxy) is 3. The van der Waals surface area contributed by atoms with Crippen LogP contribution in [0.15, 0.2) is 6.07 Å². The molecule has 4 N–H and O–H groups in total. The zero-order valence-corrected chi connectivity index (χ0v) is 11.8. The van der Waals surface area contributed by atoms with Crippen molar-refractivity contribution < 1.29 is 34.6 Å². The smallest absolute Gasteiger partial charge is 0.204 e. The number of hydrogen-bond acceptors (Lipinski definition) is 7. The second-order valence-corrected chi connectivity index (χ2v) is 4.90. The van der Waals surface area contributed by atoms with E-state index < -0.39 is 17.2 Å². The molecule has 2 heterocycles. The van der Waals surface area contributed by atoms with Crippen molar-refractivity contribution in [1.29, 1.82) is 0 Å². The zero-order chi connectivity index (χ0) is 15.4. The molecule has 3 rings (SSSR count). The molecular formula is C14H20O7. The first-order valence-corrected chi connectivity index (χ1v) is 6.79. The highest BCUT2D eigenvalue weighted by molar-refractivity contribution is 5.59. The molecule has 0 aromatic heterocycles. The molecule has 2 fully saturated rings. The lowest BCUT2D eigenvalue weighted by Gasteiger charge is -2.06. The van der Waals surface area contributed by atoms with Gasteiger partial charge in [-0.05, 0) is 12.5 Å². The van der Waals surface area contributed by atoms with Gasteiger partial charge in [-0.1, -0.05) is 6.92 Å². The van der Waals surface area contributed by atoms with Gasteiger partial charge in [0.1, 0.15) is 12.2 Å². The molecule has 0 radical (unpaired) electrons. The van der Waals surface area contributed by atoms with E-state index in [1.807, 2.05) is 0 Å². The van der Waals surface area contributed by atoms with Gasteiger partial charge in [0.05, 0.1) is 26.4 Å². The second-order valence-electron chi connectivity index (χ2n) is 4.90. The first kappa shape index (κ1) is 15.7. The Hall–Kier alpha value is -1.70. The highest BCUT2D eigenvalue weighted by Crippen LogP contribution is 2.43. The van der Waals surface area contributed by atoms with Crippen LogP contribution < -0.4 is 0 Å². The standard InChI is InChI=1S/C8H10O4.C6H10O3/c1-2-4-3-5(9)7(11)8(12)6(4)10;1(5-3-8-5)7-2-6-4-9-6/h3,9-12H,2H2,1H3;5-6H,1-4H2. The summed E-state index contributed by atoms with van der Waals surface area (Å²) in [4.78, 5) is 0. The summed E-state index contributed by atoms with van der Waals surface area (Å²) in [6, 6.07) is 1.21. The van der Waals surface area contributed by atoms with E-state index in [1.54, 1.807) is 6.92 Å². The van der Waals surface area contributed by atoms with E-state index in [0.29, 0.717) is 24.2 Å². The summed E-state index contributed by atoms with van der Waals surface area (Å²) in [5, 5.41) is 36.2. The van der Waals surface area contributed by atoms with Gasteiger partial charge >= 0.3 is 0 Å². The van der Waals surface area contributed by atoms with Gasteiger partial charge < -0.3 is 34.6 Å². The summed E-state index contributed by atoms with van der Waals surface area (Å²) < 4.78 is 15.1. The van der Waals surface area contributed by atoms with E-state index in [0.717, 1.165) is 26.4 Å². The van der Waals surface area contributed by atoms with E-state index in [1.165, 1.54) is 6.07 Å². The summed E-state index contributed by atoms with van der Waals surface area (Å²) in [5.74, 6) is -2.17. The minimum atomic E-state index is -0.690. The third-order valence-corrected chi connectivity index (χ3v) is 3.10. The van der Waals surface area contributed by atoms with Crippen molar-refractivity contribution in [1.82, 2.24) is 0 Å². The largest absolute Gasteiger partial charge is 0.504 e.